The van der Waals surface area contributed by atoms with Crippen LogP contribution in [0.4, 0.5) is 0 Å². The summed E-state index contributed by atoms with van der Waals surface area (Å²) >= 11 is 1.07. The monoisotopic (exact) mass is 299 g/mol. The molecule has 0 aliphatic carbocycles. The third-order valence-corrected chi connectivity index (χ3v) is 5.59. The molecule has 0 spiro atoms. The van der Waals surface area contributed by atoms with Gasteiger partial charge in [-0.1, -0.05) is 0 Å². The topological polar surface area (TPSA) is 92.2 Å². The van der Waals surface area contributed by atoms with Gasteiger partial charge in [-0.2, -0.15) is 0 Å². The largest absolute Gasteiger partial charge is 0.391 e. The zero-order valence-corrected chi connectivity index (χ0v) is 11.8. The fourth-order valence-corrected chi connectivity index (χ4v) is 3.93. The van der Waals surface area contributed by atoms with E-state index < -0.39 is 10.0 Å². The van der Waals surface area contributed by atoms with Crippen LogP contribution in [-0.2, 0) is 23.2 Å². The molecule has 2 N–H and O–H groups in total. The molecule has 102 valence electrons. The molecule has 0 aliphatic heterocycles. The van der Waals surface area contributed by atoms with Crippen molar-refractivity contribution in [2.24, 2.45) is 0 Å². The number of sulfonamides is 1. The number of aliphatic hydroxyl groups is 1. The van der Waals surface area contributed by atoms with Crippen molar-refractivity contribution in [3.05, 3.63) is 40.8 Å². The molecule has 0 fully saturated rings. The molecule has 6 nitrogen and oxygen atoms in total. The molecular formula is C11H13N3O3S2. The minimum absolute atomic E-state index is 0.107. The van der Waals surface area contributed by atoms with Gasteiger partial charge in [-0.05, 0) is 24.6 Å². The van der Waals surface area contributed by atoms with Crippen LogP contribution >= 0.6 is 11.3 Å². The van der Waals surface area contributed by atoms with Gasteiger partial charge in [-0.25, -0.2) is 23.1 Å². The Bertz CT molecular complexity index is 653. The summed E-state index contributed by atoms with van der Waals surface area (Å²) in [5.41, 5.74) is 1.36. The minimum Gasteiger partial charge on any atom is -0.391 e. The van der Waals surface area contributed by atoms with Crippen LogP contribution in [0, 0.1) is 6.92 Å². The number of nitrogens with one attached hydrogen (secondary N) is 1. The van der Waals surface area contributed by atoms with E-state index in [1.165, 1.54) is 6.33 Å². The van der Waals surface area contributed by atoms with Crippen molar-refractivity contribution in [1.82, 2.24) is 14.7 Å². The highest BCUT2D eigenvalue weighted by molar-refractivity contribution is 7.91. The summed E-state index contributed by atoms with van der Waals surface area (Å²) in [7, 11) is -3.57. The average Bonchev–Trinajstić information content (AvgIpc) is 2.80. The second kappa shape index (κ2) is 5.74. The van der Waals surface area contributed by atoms with E-state index in [4.69, 9.17) is 5.11 Å². The first-order valence-corrected chi connectivity index (χ1v) is 7.77. The second-order valence-corrected chi connectivity index (χ2v) is 6.99. The Hall–Kier alpha value is -1.35. The van der Waals surface area contributed by atoms with Crippen LogP contribution in [0.3, 0.4) is 0 Å². The summed E-state index contributed by atoms with van der Waals surface area (Å²) in [5.74, 6) is 0. The van der Waals surface area contributed by atoms with Gasteiger partial charge in [-0.15, -0.1) is 11.3 Å². The lowest BCUT2D eigenvalue weighted by Gasteiger charge is -2.03. The predicted molar refractivity (Wildman–Crippen MR) is 71.0 cm³/mol. The Morgan fingerprint density at radius 1 is 1.47 bits per heavy atom. The summed E-state index contributed by atoms with van der Waals surface area (Å²) in [6.45, 7) is 1.72. The van der Waals surface area contributed by atoms with Gasteiger partial charge in [0.1, 0.15) is 10.5 Å². The van der Waals surface area contributed by atoms with Crippen molar-refractivity contribution in [1.29, 1.82) is 0 Å². The Morgan fingerprint density at radius 3 is 2.84 bits per heavy atom. The second-order valence-electron chi connectivity index (χ2n) is 3.86. The minimum atomic E-state index is -3.57. The Labute approximate surface area is 115 Å². The van der Waals surface area contributed by atoms with Crippen LogP contribution in [0.2, 0.25) is 0 Å². The third kappa shape index (κ3) is 3.35. The Balaban J connectivity index is 2.14. The van der Waals surface area contributed by atoms with Crippen LogP contribution in [0.25, 0.3) is 0 Å². The zero-order valence-electron chi connectivity index (χ0n) is 10.2. The van der Waals surface area contributed by atoms with E-state index in [-0.39, 0.29) is 17.4 Å². The van der Waals surface area contributed by atoms with Gasteiger partial charge in [0.25, 0.3) is 0 Å². The van der Waals surface area contributed by atoms with E-state index in [0.717, 1.165) is 16.9 Å². The molecule has 8 heteroatoms. The highest BCUT2D eigenvalue weighted by atomic mass is 32.2. The van der Waals surface area contributed by atoms with Crippen LogP contribution in [0.1, 0.15) is 16.1 Å². The van der Waals surface area contributed by atoms with E-state index >= 15 is 0 Å². The van der Waals surface area contributed by atoms with Crippen molar-refractivity contribution in [3.8, 4) is 0 Å². The van der Waals surface area contributed by atoms with Gasteiger partial charge in [0, 0.05) is 11.1 Å². The predicted octanol–water partition coefficient (Wildman–Crippen LogP) is 0.817. The van der Waals surface area contributed by atoms with E-state index in [2.05, 4.69) is 14.7 Å². The molecule has 0 aliphatic rings. The van der Waals surface area contributed by atoms with E-state index in [0.29, 0.717) is 10.6 Å². The van der Waals surface area contributed by atoms with E-state index in [1.807, 2.05) is 0 Å². The van der Waals surface area contributed by atoms with Crippen LogP contribution in [0.15, 0.2) is 28.9 Å². The number of aliphatic hydroxyl groups excluding tert-OH is 1. The summed E-state index contributed by atoms with van der Waals surface area (Å²) in [5, 5.41) is 9.08. The number of hydrogen-bond acceptors (Lipinski definition) is 6. The van der Waals surface area contributed by atoms with E-state index in [9.17, 15) is 8.42 Å². The molecular weight excluding hydrogens is 286 g/mol. The summed E-state index contributed by atoms with van der Waals surface area (Å²) in [6.07, 6.45) is 2.92. The molecule has 2 heterocycles. The summed E-state index contributed by atoms with van der Waals surface area (Å²) in [4.78, 5) is 8.35. The average molecular weight is 299 g/mol. The van der Waals surface area contributed by atoms with Gasteiger partial charge in [0.05, 0.1) is 18.8 Å². The molecule has 2 aromatic rings. The van der Waals surface area contributed by atoms with Crippen molar-refractivity contribution in [3.63, 3.8) is 0 Å². The van der Waals surface area contributed by atoms with Gasteiger partial charge in [0.15, 0.2) is 0 Å². The number of aryl methyl sites for hydroxylation is 1. The van der Waals surface area contributed by atoms with Gasteiger partial charge in [-0.3, -0.25) is 0 Å². The molecule has 2 aromatic heterocycles. The molecule has 0 saturated heterocycles. The van der Waals surface area contributed by atoms with Crippen molar-refractivity contribution in [2.75, 3.05) is 0 Å². The lowest BCUT2D eigenvalue weighted by molar-refractivity contribution is 0.285. The Morgan fingerprint density at radius 2 is 2.26 bits per heavy atom. The first-order chi connectivity index (χ1) is 9.03. The summed E-state index contributed by atoms with van der Waals surface area (Å²) < 4.78 is 26.8. The molecule has 0 unspecified atom stereocenters. The number of hydrogen-bond donors (Lipinski definition) is 2. The summed E-state index contributed by atoms with van der Waals surface area (Å²) in [6, 6.07) is 3.19. The van der Waals surface area contributed by atoms with Crippen LogP contribution in [0.5, 0.6) is 0 Å². The number of thiophene rings is 1. The SMILES string of the molecule is Cc1cc(S(=O)(=O)NCc2ccncn2)sc1CO. The lowest BCUT2D eigenvalue weighted by atomic mass is 10.3. The standard InChI is InChI=1S/C11H13N3O3S2/c1-8-4-11(18-10(8)6-15)19(16,17)14-5-9-2-3-12-7-13-9/h2-4,7,14-15H,5-6H2,1H3. The maximum atomic E-state index is 12.1. The molecule has 0 aromatic carbocycles. The number of aromatic nitrogens is 2. The highest BCUT2D eigenvalue weighted by Gasteiger charge is 2.18. The molecule has 0 atom stereocenters. The first kappa shape index (κ1) is 14.1. The van der Waals surface area contributed by atoms with Crippen LogP contribution in [-0.4, -0.2) is 23.5 Å². The zero-order chi connectivity index (χ0) is 13.9. The van der Waals surface area contributed by atoms with E-state index in [1.54, 1.807) is 25.3 Å². The van der Waals surface area contributed by atoms with Gasteiger partial charge >= 0.3 is 0 Å². The van der Waals surface area contributed by atoms with Crippen LogP contribution < -0.4 is 4.72 Å². The third-order valence-electron chi connectivity index (χ3n) is 2.49. The Kier molecular flexibility index (Phi) is 4.25. The normalized spacial score (nSPS) is 11.7. The fourth-order valence-electron chi connectivity index (χ4n) is 1.44. The molecule has 0 saturated carbocycles. The van der Waals surface area contributed by atoms with Crippen molar-refractivity contribution >= 4 is 21.4 Å². The van der Waals surface area contributed by atoms with Crippen molar-refractivity contribution < 1.29 is 13.5 Å². The maximum absolute atomic E-state index is 12.1. The molecule has 19 heavy (non-hydrogen) atoms. The maximum Gasteiger partial charge on any atom is 0.250 e. The lowest BCUT2D eigenvalue weighted by Crippen LogP contribution is -2.22. The quantitative estimate of drug-likeness (QED) is 0.852. The van der Waals surface area contributed by atoms with Gasteiger partial charge < -0.3 is 5.11 Å². The fraction of sp³-hybridized carbons (Fsp3) is 0.273. The molecule has 0 bridgehead atoms. The number of rotatable bonds is 5. The first-order valence-electron chi connectivity index (χ1n) is 5.47. The number of nitrogens with zero attached hydrogens (tertiary/aromatic N) is 2. The van der Waals surface area contributed by atoms with Gasteiger partial charge in [0.2, 0.25) is 10.0 Å². The van der Waals surface area contributed by atoms with Crippen molar-refractivity contribution in [2.45, 2.75) is 24.3 Å². The smallest absolute Gasteiger partial charge is 0.250 e. The molecule has 0 amide bonds. The highest BCUT2D eigenvalue weighted by Crippen LogP contribution is 2.25. The molecule has 0 radical (unpaired) electrons. The molecule has 2 rings (SSSR count).